The predicted molar refractivity (Wildman–Crippen MR) is 199 cm³/mol. The van der Waals surface area contributed by atoms with Crippen molar-refractivity contribution in [2.24, 2.45) is 0 Å². The summed E-state index contributed by atoms with van der Waals surface area (Å²) in [6.45, 7) is 8.90. The molecule has 0 atom stereocenters. The van der Waals surface area contributed by atoms with Gasteiger partial charge in [0.05, 0.1) is 0 Å². The molecule has 0 fully saturated rings. The monoisotopic (exact) mass is 662 g/mol. The number of allylic oxidation sites excluding steroid dienone is 8. The first kappa shape index (κ1) is 38.2. The number of carbonyl (C=O) groups excluding carboxylic acids is 2. The van der Waals surface area contributed by atoms with Gasteiger partial charge in [0, 0.05) is 36.1 Å². The number of carbonyl (C=O) groups is 2. The standard InChI is InChI=1S/C41H58O3S2/c1-5-9-13-17-21-33-25-31(26-34(45-33)22-18-14-10-6-2)29-37-39(42)38(41(44)40(37)43)30-32-27-35(23-19-15-11-7-3)46-36(28-32)24-20-16-12-8-4/h25-30H,5-24H2,1-4H3. The molecule has 0 unspecified atom stereocenters. The molecule has 0 radical (unpaired) electrons. The second kappa shape index (κ2) is 21.6. The number of aryl methyl sites for hydroxylation is 2. The molecule has 0 amide bonds. The van der Waals surface area contributed by atoms with E-state index in [1.54, 1.807) is 12.2 Å². The molecule has 0 N–H and O–H groups in total. The molecule has 0 spiro atoms. The number of Topliss-reactive ketones (excluding diaryl/α,β-unsaturated/α-hetero) is 2. The highest BCUT2D eigenvalue weighted by atomic mass is 32.2. The predicted octanol–water partition coefficient (Wildman–Crippen LogP) is 11.8. The molecule has 252 valence electrons. The van der Waals surface area contributed by atoms with Gasteiger partial charge >= 0.3 is 0 Å². The minimum absolute atomic E-state index is 0.0136. The maximum absolute atomic E-state index is 13.7. The van der Waals surface area contributed by atoms with Gasteiger partial charge in [-0.3, -0.25) is 9.59 Å². The molecule has 1 aromatic heterocycles. The smallest absolute Gasteiger partial charge is 0.232 e. The summed E-state index contributed by atoms with van der Waals surface area (Å²) >= 11 is 3.71. The lowest BCUT2D eigenvalue weighted by molar-refractivity contribution is -0.296. The average molecular weight is 663 g/mol. The van der Waals surface area contributed by atoms with Crippen LogP contribution < -0.4 is 5.11 Å². The summed E-state index contributed by atoms with van der Waals surface area (Å²) < 4.78 is 0. The highest BCUT2D eigenvalue weighted by Gasteiger charge is 2.31. The van der Waals surface area contributed by atoms with Gasteiger partial charge in [0.15, 0.2) is 0 Å². The minimum atomic E-state index is -0.670. The molecule has 1 aliphatic carbocycles. The first-order valence-electron chi connectivity index (χ1n) is 18.4. The summed E-state index contributed by atoms with van der Waals surface area (Å²) in [7, 11) is 0. The van der Waals surface area contributed by atoms with Crippen molar-refractivity contribution in [1.82, 2.24) is 0 Å². The summed E-state index contributed by atoms with van der Waals surface area (Å²) in [6, 6.07) is 4.25. The summed E-state index contributed by atoms with van der Waals surface area (Å²) in [5.41, 5.74) is 1.76. The third-order valence-corrected chi connectivity index (χ3v) is 11.1. The van der Waals surface area contributed by atoms with Crippen LogP contribution in [0.1, 0.15) is 159 Å². The van der Waals surface area contributed by atoms with Crippen molar-refractivity contribution in [3.8, 4) is 0 Å². The fourth-order valence-corrected chi connectivity index (χ4v) is 8.48. The van der Waals surface area contributed by atoms with Gasteiger partial charge < -0.3 is 5.11 Å². The molecule has 46 heavy (non-hydrogen) atoms. The molecule has 2 heterocycles. The van der Waals surface area contributed by atoms with E-state index in [0.717, 1.165) is 62.5 Å². The maximum Gasteiger partial charge on any atom is 0.232 e. The lowest BCUT2D eigenvalue weighted by atomic mass is 10.1. The van der Waals surface area contributed by atoms with Crippen LogP contribution in [0.15, 0.2) is 62.6 Å². The largest absolute Gasteiger partial charge is 0.871 e. The first-order valence-corrected chi connectivity index (χ1v) is 20.0. The van der Waals surface area contributed by atoms with Gasteiger partial charge in [0.2, 0.25) is 32.7 Å². The van der Waals surface area contributed by atoms with Crippen LogP contribution in [0.25, 0.3) is 6.08 Å². The number of thioether (sulfide) groups is 1. The molecule has 0 aromatic carbocycles. The highest BCUT2D eigenvalue weighted by Crippen LogP contribution is 2.39. The van der Waals surface area contributed by atoms with Gasteiger partial charge in [0.1, 0.15) is 0 Å². The van der Waals surface area contributed by atoms with Crippen LogP contribution in [0.5, 0.6) is 0 Å². The van der Waals surface area contributed by atoms with Crippen molar-refractivity contribution >= 4 is 40.7 Å². The SMILES string of the molecule is CCCCCCC1=CC(=CC2=C([O-])C(=Cc3cc(CCCCCC)[s+]c(CCCCCC)c3)C(=O)C2=O)C=C(CCCCCC)S1. The summed E-state index contributed by atoms with van der Waals surface area (Å²) in [6.07, 6.45) is 30.8. The molecule has 3 nitrogen and oxygen atoms in total. The minimum Gasteiger partial charge on any atom is -0.871 e. The second-order valence-electron chi connectivity index (χ2n) is 13.0. The van der Waals surface area contributed by atoms with Gasteiger partial charge in [-0.2, -0.15) is 0 Å². The number of rotatable bonds is 22. The average Bonchev–Trinajstić information content (AvgIpc) is 3.24. The topological polar surface area (TPSA) is 57.2 Å². The van der Waals surface area contributed by atoms with E-state index in [0.29, 0.717) is 0 Å². The first-order chi connectivity index (χ1) is 22.4. The normalized spacial score (nSPS) is 16.1. The number of ketones is 2. The highest BCUT2D eigenvalue weighted by molar-refractivity contribution is 8.06. The van der Waals surface area contributed by atoms with Crippen molar-refractivity contribution in [3.63, 3.8) is 0 Å². The Labute approximate surface area is 288 Å². The lowest BCUT2D eigenvalue weighted by Crippen LogP contribution is -2.10. The number of hydrogen-bond donors (Lipinski definition) is 0. The Balaban J connectivity index is 1.91. The van der Waals surface area contributed by atoms with Gasteiger partial charge in [-0.25, -0.2) is 0 Å². The molecule has 3 rings (SSSR count). The molecule has 1 aliphatic heterocycles. The van der Waals surface area contributed by atoms with Crippen molar-refractivity contribution in [2.45, 2.75) is 156 Å². The zero-order valence-corrected chi connectivity index (χ0v) is 30.8. The maximum atomic E-state index is 13.7. The van der Waals surface area contributed by atoms with E-state index in [9.17, 15) is 14.7 Å². The lowest BCUT2D eigenvalue weighted by Gasteiger charge is -2.17. The molecule has 1 aromatic rings. The van der Waals surface area contributed by atoms with Crippen molar-refractivity contribution in [3.05, 3.63) is 78.0 Å². The zero-order chi connectivity index (χ0) is 33.1. The Morgan fingerprint density at radius 1 is 0.609 bits per heavy atom. The molecular weight excluding hydrogens is 605 g/mol. The summed E-state index contributed by atoms with van der Waals surface area (Å²) in [4.78, 5) is 31.7. The van der Waals surface area contributed by atoms with Crippen LogP contribution in [0.3, 0.4) is 0 Å². The summed E-state index contributed by atoms with van der Waals surface area (Å²) in [5.74, 6) is -1.77. The Bertz CT molecular complexity index is 1250. The van der Waals surface area contributed by atoms with Crippen LogP contribution in [0.4, 0.5) is 0 Å². The van der Waals surface area contributed by atoms with Crippen LogP contribution in [-0.4, -0.2) is 11.6 Å². The molecule has 0 saturated carbocycles. The van der Waals surface area contributed by atoms with Crippen LogP contribution in [0.2, 0.25) is 0 Å². The Hall–Kier alpha value is -2.24. The fourth-order valence-electron chi connectivity index (χ4n) is 6.04. The van der Waals surface area contributed by atoms with Gasteiger partial charge in [-0.1, -0.05) is 122 Å². The third-order valence-electron chi connectivity index (χ3n) is 8.75. The van der Waals surface area contributed by atoms with Crippen molar-refractivity contribution in [1.29, 1.82) is 0 Å². The van der Waals surface area contributed by atoms with Crippen LogP contribution in [0, 0.1) is 0 Å². The zero-order valence-electron chi connectivity index (χ0n) is 29.1. The summed E-state index contributed by atoms with van der Waals surface area (Å²) in [5, 5.41) is 13.7. The molecule has 0 bridgehead atoms. The van der Waals surface area contributed by atoms with Gasteiger partial charge in [0.25, 0.3) is 0 Å². The Morgan fingerprint density at radius 2 is 1.07 bits per heavy atom. The van der Waals surface area contributed by atoms with E-state index in [1.807, 2.05) is 23.1 Å². The van der Waals surface area contributed by atoms with Gasteiger partial charge in [-0.05, 0) is 83.8 Å². The number of hydrogen-bond acceptors (Lipinski definition) is 4. The number of unbranched alkanes of at least 4 members (excludes halogenated alkanes) is 12. The van der Waals surface area contributed by atoms with E-state index in [1.165, 1.54) is 96.6 Å². The van der Waals surface area contributed by atoms with Crippen LogP contribution >= 0.6 is 23.1 Å². The third kappa shape index (κ3) is 12.8. The Kier molecular flexibility index (Phi) is 17.9. The molecule has 2 aliphatic rings. The quantitative estimate of drug-likeness (QED) is 0.0536. The molecule has 0 saturated heterocycles. The van der Waals surface area contributed by atoms with E-state index >= 15 is 0 Å². The van der Waals surface area contributed by atoms with E-state index in [4.69, 9.17) is 0 Å². The Morgan fingerprint density at radius 3 is 1.52 bits per heavy atom. The van der Waals surface area contributed by atoms with E-state index in [-0.39, 0.29) is 11.1 Å². The fraction of sp³-hybridized carbons (Fsp3) is 0.585. The van der Waals surface area contributed by atoms with E-state index in [2.05, 4.69) is 52.0 Å². The van der Waals surface area contributed by atoms with E-state index < -0.39 is 17.3 Å². The molecule has 5 heteroatoms. The molecular formula is C41H58O3S2. The second-order valence-corrected chi connectivity index (χ2v) is 15.5. The van der Waals surface area contributed by atoms with Gasteiger partial charge in [-0.15, -0.1) is 0 Å². The van der Waals surface area contributed by atoms with Crippen molar-refractivity contribution < 1.29 is 14.7 Å². The van der Waals surface area contributed by atoms with Crippen LogP contribution in [-0.2, 0) is 22.4 Å². The van der Waals surface area contributed by atoms with Crippen molar-refractivity contribution in [2.75, 3.05) is 0 Å².